The monoisotopic (exact) mass is 401 g/mol. The van der Waals surface area contributed by atoms with Crippen LogP contribution in [-0.4, -0.2) is 29.6 Å². The van der Waals surface area contributed by atoms with Crippen LogP contribution in [0.1, 0.15) is 15.9 Å². The van der Waals surface area contributed by atoms with E-state index in [0.717, 1.165) is 5.56 Å². The van der Waals surface area contributed by atoms with E-state index >= 15 is 0 Å². The Hall–Kier alpha value is -3.75. The molecule has 29 heavy (non-hydrogen) atoms. The number of carbonyl (C=O) groups is 1. The lowest BCUT2D eigenvalue weighted by molar-refractivity contribution is -0.0512. The number of hydrogen-bond donors (Lipinski definition) is 1. The third-order valence-corrected chi connectivity index (χ3v) is 3.79. The quantitative estimate of drug-likeness (QED) is 0.616. The van der Waals surface area contributed by atoms with Gasteiger partial charge < -0.3 is 19.5 Å². The van der Waals surface area contributed by atoms with E-state index in [4.69, 9.17) is 9.47 Å². The van der Waals surface area contributed by atoms with Crippen molar-refractivity contribution in [3.05, 3.63) is 72.2 Å². The number of halogens is 2. The van der Waals surface area contributed by atoms with Gasteiger partial charge in [0.2, 0.25) is 0 Å². The molecule has 0 fully saturated rings. The molecule has 1 aromatic carbocycles. The number of nitrogens with one attached hydrogen (secondary N) is 1. The predicted octanol–water partition coefficient (Wildman–Crippen LogP) is 3.92. The molecule has 7 nitrogen and oxygen atoms in total. The molecule has 0 radical (unpaired) electrons. The Kier molecular flexibility index (Phi) is 6.51. The van der Waals surface area contributed by atoms with Gasteiger partial charge in [0, 0.05) is 24.2 Å². The van der Waals surface area contributed by atoms with Gasteiger partial charge in [0.1, 0.15) is 6.61 Å². The second-order valence-electron chi connectivity index (χ2n) is 5.69. The highest BCUT2D eigenvalue weighted by molar-refractivity contribution is 6.04. The molecular weight excluding hydrogens is 384 g/mol. The zero-order chi connectivity index (χ0) is 20.6. The molecule has 0 saturated heterocycles. The van der Waals surface area contributed by atoms with E-state index < -0.39 is 12.5 Å². The molecule has 150 valence electrons. The number of benzene rings is 1. The summed E-state index contributed by atoms with van der Waals surface area (Å²) < 4.78 is 40.3. The van der Waals surface area contributed by atoms with E-state index in [2.05, 4.69) is 20.0 Å². The van der Waals surface area contributed by atoms with Crippen molar-refractivity contribution in [1.29, 1.82) is 0 Å². The fourth-order valence-electron chi connectivity index (χ4n) is 2.43. The van der Waals surface area contributed by atoms with Gasteiger partial charge in [-0.1, -0.05) is 0 Å². The van der Waals surface area contributed by atoms with Gasteiger partial charge in [-0.3, -0.25) is 9.78 Å². The van der Waals surface area contributed by atoms with Crippen molar-refractivity contribution >= 4 is 11.7 Å². The average molecular weight is 401 g/mol. The van der Waals surface area contributed by atoms with Crippen molar-refractivity contribution < 1.29 is 27.8 Å². The van der Waals surface area contributed by atoms with E-state index in [1.54, 1.807) is 36.7 Å². The van der Waals surface area contributed by atoms with Crippen molar-refractivity contribution in [3.8, 4) is 17.2 Å². The maximum Gasteiger partial charge on any atom is 0.387 e. The molecule has 0 aliphatic carbocycles. The molecule has 0 aliphatic heterocycles. The van der Waals surface area contributed by atoms with Gasteiger partial charge >= 0.3 is 6.61 Å². The highest BCUT2D eigenvalue weighted by atomic mass is 19.3. The van der Waals surface area contributed by atoms with Gasteiger partial charge in [-0.15, -0.1) is 0 Å². The predicted molar refractivity (Wildman–Crippen MR) is 100 cm³/mol. The summed E-state index contributed by atoms with van der Waals surface area (Å²) in [5.41, 5.74) is 0.984. The number of alkyl halides is 2. The Labute approximate surface area is 165 Å². The minimum absolute atomic E-state index is 0.0843. The summed E-state index contributed by atoms with van der Waals surface area (Å²) in [6.07, 6.45) is 4.79. The highest BCUT2D eigenvalue weighted by Crippen LogP contribution is 2.30. The number of amides is 1. The lowest BCUT2D eigenvalue weighted by Gasteiger charge is -2.13. The van der Waals surface area contributed by atoms with E-state index in [9.17, 15) is 13.6 Å². The van der Waals surface area contributed by atoms with Gasteiger partial charge in [0.25, 0.3) is 5.91 Å². The van der Waals surface area contributed by atoms with E-state index in [-0.39, 0.29) is 29.5 Å². The van der Waals surface area contributed by atoms with E-state index in [1.165, 1.54) is 31.5 Å². The molecule has 0 spiro atoms. The normalized spacial score (nSPS) is 10.5. The van der Waals surface area contributed by atoms with Crippen LogP contribution < -0.4 is 19.5 Å². The maximum atomic E-state index is 12.6. The van der Waals surface area contributed by atoms with Crippen molar-refractivity contribution in [3.63, 3.8) is 0 Å². The molecule has 0 aliphatic rings. The van der Waals surface area contributed by atoms with Crippen LogP contribution in [-0.2, 0) is 6.61 Å². The summed E-state index contributed by atoms with van der Waals surface area (Å²) >= 11 is 0. The Morgan fingerprint density at radius 2 is 1.86 bits per heavy atom. The second kappa shape index (κ2) is 9.45. The molecule has 2 heterocycles. The Balaban J connectivity index is 1.75. The van der Waals surface area contributed by atoms with Crippen LogP contribution in [0.15, 0.2) is 61.1 Å². The highest BCUT2D eigenvalue weighted by Gasteiger charge is 2.16. The topological polar surface area (TPSA) is 82.6 Å². The molecule has 3 rings (SSSR count). The number of ether oxygens (including phenoxy) is 3. The van der Waals surface area contributed by atoms with Crippen LogP contribution in [0.2, 0.25) is 0 Å². The average Bonchev–Trinajstić information content (AvgIpc) is 2.73. The molecular formula is C20H17F2N3O4. The smallest absolute Gasteiger partial charge is 0.387 e. The van der Waals surface area contributed by atoms with Crippen molar-refractivity contribution in [1.82, 2.24) is 9.97 Å². The van der Waals surface area contributed by atoms with Gasteiger partial charge in [0.15, 0.2) is 23.1 Å². The zero-order valence-electron chi connectivity index (χ0n) is 15.3. The summed E-state index contributed by atoms with van der Waals surface area (Å²) in [6.45, 7) is -2.79. The third-order valence-electron chi connectivity index (χ3n) is 3.79. The summed E-state index contributed by atoms with van der Waals surface area (Å²) in [5, 5.41) is 2.61. The fraction of sp³-hybridized carbons (Fsp3) is 0.150. The molecule has 1 N–H and O–H groups in total. The lowest BCUT2D eigenvalue weighted by Crippen LogP contribution is -2.14. The molecule has 0 bridgehead atoms. The van der Waals surface area contributed by atoms with Crippen LogP contribution in [0, 0.1) is 0 Å². The lowest BCUT2D eigenvalue weighted by atomic mass is 10.2. The first-order valence-electron chi connectivity index (χ1n) is 8.47. The molecule has 0 saturated carbocycles. The van der Waals surface area contributed by atoms with Crippen LogP contribution in [0.25, 0.3) is 0 Å². The van der Waals surface area contributed by atoms with Gasteiger partial charge in [-0.05, 0) is 48.0 Å². The first-order chi connectivity index (χ1) is 14.1. The minimum atomic E-state index is -3.05. The number of carbonyl (C=O) groups excluding carboxylic acids is 1. The molecule has 1 amide bonds. The summed E-state index contributed by atoms with van der Waals surface area (Å²) in [7, 11) is 1.31. The summed E-state index contributed by atoms with van der Waals surface area (Å²) in [5.74, 6) is -0.181. The standard InChI is InChI=1S/C20H17F2N3O4/c1-27-15-5-4-14(11-17(15)29-20(21)22)19(26)25-18-16(3-2-8-24-18)28-12-13-6-9-23-10-7-13/h2-11,20H,12H2,1H3,(H,24,25,26). The summed E-state index contributed by atoms with van der Waals surface area (Å²) in [4.78, 5) is 20.6. The minimum Gasteiger partial charge on any atom is -0.493 e. The number of anilines is 1. The molecule has 0 unspecified atom stereocenters. The van der Waals surface area contributed by atoms with Crippen LogP contribution in [0.5, 0.6) is 17.2 Å². The van der Waals surface area contributed by atoms with Gasteiger partial charge in [-0.25, -0.2) is 4.98 Å². The summed E-state index contributed by atoms with van der Waals surface area (Å²) in [6, 6.07) is 10.9. The number of pyridine rings is 2. The molecule has 9 heteroatoms. The Morgan fingerprint density at radius 3 is 2.59 bits per heavy atom. The van der Waals surface area contributed by atoms with E-state index in [1.807, 2.05) is 0 Å². The van der Waals surface area contributed by atoms with Crippen molar-refractivity contribution in [2.24, 2.45) is 0 Å². The maximum absolute atomic E-state index is 12.6. The fourth-order valence-corrected chi connectivity index (χ4v) is 2.43. The second-order valence-corrected chi connectivity index (χ2v) is 5.69. The number of nitrogens with zero attached hydrogens (tertiary/aromatic N) is 2. The first kappa shape index (κ1) is 20.0. The van der Waals surface area contributed by atoms with Crippen LogP contribution in [0.4, 0.5) is 14.6 Å². The molecule has 3 aromatic rings. The molecule has 2 aromatic heterocycles. The largest absolute Gasteiger partial charge is 0.493 e. The van der Waals surface area contributed by atoms with Crippen molar-refractivity contribution in [2.45, 2.75) is 13.2 Å². The van der Waals surface area contributed by atoms with Gasteiger partial charge in [-0.2, -0.15) is 8.78 Å². The number of aromatic nitrogens is 2. The third kappa shape index (κ3) is 5.38. The Bertz CT molecular complexity index is 971. The number of hydrogen-bond acceptors (Lipinski definition) is 6. The SMILES string of the molecule is COc1ccc(C(=O)Nc2ncccc2OCc2ccncc2)cc1OC(F)F. The van der Waals surface area contributed by atoms with Crippen LogP contribution >= 0.6 is 0 Å². The van der Waals surface area contributed by atoms with Crippen molar-refractivity contribution in [2.75, 3.05) is 12.4 Å². The number of methoxy groups -OCH3 is 1. The Morgan fingerprint density at radius 1 is 1.07 bits per heavy atom. The van der Waals surface area contributed by atoms with E-state index in [0.29, 0.717) is 5.75 Å². The zero-order valence-corrected chi connectivity index (χ0v) is 15.3. The molecule has 0 atom stereocenters. The van der Waals surface area contributed by atoms with Crippen LogP contribution in [0.3, 0.4) is 0 Å². The van der Waals surface area contributed by atoms with Gasteiger partial charge in [0.05, 0.1) is 7.11 Å². The number of rotatable bonds is 8. The first-order valence-corrected chi connectivity index (χ1v) is 8.47.